The first-order valence-electron chi connectivity index (χ1n) is 9.84. The van der Waals surface area contributed by atoms with Gasteiger partial charge in [-0.15, -0.1) is 0 Å². The quantitative estimate of drug-likeness (QED) is 0.517. The molecule has 8 nitrogen and oxygen atoms in total. The van der Waals surface area contributed by atoms with Crippen molar-refractivity contribution in [1.82, 2.24) is 10.2 Å². The van der Waals surface area contributed by atoms with Gasteiger partial charge in [0.1, 0.15) is 5.75 Å². The summed E-state index contributed by atoms with van der Waals surface area (Å²) in [5.74, 6) is -0.627. The zero-order valence-electron chi connectivity index (χ0n) is 17.6. The number of sulfone groups is 1. The number of nitrogens with one attached hydrogen (secondary N) is 1. The smallest absolute Gasteiger partial charge is 0.293 e. The highest BCUT2D eigenvalue weighted by molar-refractivity contribution is 8.18. The molecule has 0 bridgehead atoms. The number of imide groups is 1. The Morgan fingerprint density at radius 3 is 2.42 bits per heavy atom. The number of hydrogen-bond donors (Lipinski definition) is 1. The van der Waals surface area contributed by atoms with Gasteiger partial charge in [0.15, 0.2) is 9.84 Å². The fraction of sp³-hybridized carbons (Fsp3) is 0.227. The highest BCUT2D eigenvalue weighted by Gasteiger charge is 2.34. The molecule has 1 heterocycles. The van der Waals surface area contributed by atoms with Crippen molar-refractivity contribution < 1.29 is 27.5 Å². The maximum atomic E-state index is 12.5. The van der Waals surface area contributed by atoms with Gasteiger partial charge in [-0.1, -0.05) is 23.7 Å². The van der Waals surface area contributed by atoms with Crippen molar-refractivity contribution in [3.05, 3.63) is 64.0 Å². The van der Waals surface area contributed by atoms with Gasteiger partial charge in [0.25, 0.3) is 11.1 Å². The predicted octanol–water partition coefficient (Wildman–Crippen LogP) is 3.37. The molecule has 3 amide bonds. The molecule has 2 aromatic carbocycles. The minimum Gasteiger partial charge on any atom is -0.497 e. The molecule has 1 saturated heterocycles. The zero-order chi connectivity index (χ0) is 24.0. The lowest BCUT2D eigenvalue weighted by Gasteiger charge is -2.13. The van der Waals surface area contributed by atoms with Crippen molar-refractivity contribution in [2.45, 2.75) is 11.3 Å². The van der Waals surface area contributed by atoms with E-state index < -0.39 is 26.9 Å². The molecule has 11 heteroatoms. The first-order valence-corrected chi connectivity index (χ1v) is 12.7. The van der Waals surface area contributed by atoms with Crippen LogP contribution in [0.1, 0.15) is 12.0 Å². The lowest BCUT2D eigenvalue weighted by atomic mass is 10.2. The Hall–Kier alpha value is -2.82. The number of nitrogens with zero attached hydrogens (tertiary/aromatic N) is 1. The molecule has 33 heavy (non-hydrogen) atoms. The number of benzene rings is 2. The Balaban J connectivity index is 1.49. The molecule has 1 N–H and O–H groups in total. The summed E-state index contributed by atoms with van der Waals surface area (Å²) >= 11 is 6.58. The van der Waals surface area contributed by atoms with Gasteiger partial charge in [-0.05, 0) is 59.8 Å². The van der Waals surface area contributed by atoms with E-state index in [4.69, 9.17) is 16.3 Å². The number of carbonyl (C=O) groups is 3. The van der Waals surface area contributed by atoms with Crippen LogP contribution >= 0.6 is 23.4 Å². The average molecular weight is 509 g/mol. The maximum Gasteiger partial charge on any atom is 0.293 e. The Bertz CT molecular complexity index is 1180. The van der Waals surface area contributed by atoms with Crippen LogP contribution in [0.4, 0.5) is 4.79 Å². The molecule has 0 aliphatic carbocycles. The van der Waals surface area contributed by atoms with E-state index in [2.05, 4.69) is 5.32 Å². The molecule has 1 aliphatic rings. The van der Waals surface area contributed by atoms with E-state index in [1.165, 1.54) is 24.3 Å². The minimum atomic E-state index is -3.63. The Morgan fingerprint density at radius 1 is 1.12 bits per heavy atom. The molecule has 0 radical (unpaired) electrons. The summed E-state index contributed by atoms with van der Waals surface area (Å²) in [5.41, 5.74) is 0.747. The van der Waals surface area contributed by atoms with Gasteiger partial charge in [-0.2, -0.15) is 0 Å². The normalized spacial score (nSPS) is 15.2. The third kappa shape index (κ3) is 6.59. The van der Waals surface area contributed by atoms with E-state index in [-0.39, 0.29) is 35.1 Å². The van der Waals surface area contributed by atoms with Crippen molar-refractivity contribution in [3.8, 4) is 5.75 Å². The third-order valence-corrected chi connectivity index (χ3v) is 7.61. The third-order valence-electron chi connectivity index (χ3n) is 4.72. The summed E-state index contributed by atoms with van der Waals surface area (Å²) < 4.78 is 29.7. The van der Waals surface area contributed by atoms with Crippen molar-refractivity contribution in [2.24, 2.45) is 0 Å². The molecule has 0 spiro atoms. The topological polar surface area (TPSA) is 110 Å². The molecular weight excluding hydrogens is 488 g/mol. The lowest BCUT2D eigenvalue weighted by Crippen LogP contribution is -2.37. The number of carbonyl (C=O) groups excluding carboxylic acids is 3. The lowest BCUT2D eigenvalue weighted by molar-refractivity contribution is -0.124. The van der Waals surface area contributed by atoms with Crippen molar-refractivity contribution in [2.75, 3.05) is 26.0 Å². The van der Waals surface area contributed by atoms with E-state index >= 15 is 0 Å². The Labute approximate surface area is 200 Å². The summed E-state index contributed by atoms with van der Waals surface area (Å²) in [7, 11) is -2.08. The number of halogens is 1. The van der Waals surface area contributed by atoms with Crippen molar-refractivity contribution in [1.29, 1.82) is 0 Å². The first kappa shape index (κ1) is 24.8. The summed E-state index contributed by atoms with van der Waals surface area (Å²) in [6.07, 6.45) is 1.37. The Kier molecular flexibility index (Phi) is 8.17. The molecule has 0 aromatic heterocycles. The van der Waals surface area contributed by atoms with Crippen LogP contribution in [0.5, 0.6) is 5.75 Å². The van der Waals surface area contributed by atoms with Crippen LogP contribution in [-0.2, 0) is 19.4 Å². The van der Waals surface area contributed by atoms with Crippen LogP contribution in [0.3, 0.4) is 0 Å². The molecule has 1 aliphatic heterocycles. The molecule has 0 unspecified atom stereocenters. The fourth-order valence-electron chi connectivity index (χ4n) is 2.93. The van der Waals surface area contributed by atoms with Gasteiger partial charge < -0.3 is 10.1 Å². The van der Waals surface area contributed by atoms with Crippen LogP contribution in [0.2, 0.25) is 5.02 Å². The van der Waals surface area contributed by atoms with Gasteiger partial charge in [0.2, 0.25) is 5.91 Å². The van der Waals surface area contributed by atoms with Crippen molar-refractivity contribution >= 4 is 56.3 Å². The minimum absolute atomic E-state index is 0.0136. The number of hydrogen-bond acceptors (Lipinski definition) is 7. The van der Waals surface area contributed by atoms with Crippen LogP contribution in [0.15, 0.2) is 58.3 Å². The first-order chi connectivity index (χ1) is 15.7. The van der Waals surface area contributed by atoms with E-state index in [0.29, 0.717) is 10.8 Å². The molecule has 0 atom stereocenters. The van der Waals surface area contributed by atoms with E-state index in [1.807, 2.05) is 0 Å². The van der Waals surface area contributed by atoms with Gasteiger partial charge in [0, 0.05) is 24.5 Å². The monoisotopic (exact) mass is 508 g/mol. The number of rotatable bonds is 9. The summed E-state index contributed by atoms with van der Waals surface area (Å²) in [5, 5.41) is 2.53. The molecule has 1 fully saturated rings. The van der Waals surface area contributed by atoms with Crippen molar-refractivity contribution in [3.63, 3.8) is 0 Å². The van der Waals surface area contributed by atoms with E-state index in [0.717, 1.165) is 22.2 Å². The van der Waals surface area contributed by atoms with Gasteiger partial charge >= 0.3 is 0 Å². The summed E-state index contributed by atoms with van der Waals surface area (Å²) in [4.78, 5) is 38.2. The van der Waals surface area contributed by atoms with Gasteiger partial charge in [-0.25, -0.2) is 8.42 Å². The largest absolute Gasteiger partial charge is 0.497 e. The van der Waals surface area contributed by atoms with Crippen LogP contribution in [0.25, 0.3) is 6.08 Å². The van der Waals surface area contributed by atoms with Crippen LogP contribution < -0.4 is 10.1 Å². The molecule has 174 valence electrons. The van der Waals surface area contributed by atoms with Gasteiger partial charge in [0.05, 0.1) is 22.7 Å². The standard InChI is InChI=1S/C22H21ClN2O6S2/c1-31-17-6-2-15(3-7-17)14-19-21(27)25(22(28)32-19)12-11-24-20(26)10-13-33(29,30)18-8-4-16(23)5-9-18/h2-9,14H,10-13H2,1H3,(H,24,26)/b19-14+. The molecule has 2 aromatic rings. The second-order valence-corrected chi connectivity index (χ2v) is 10.5. The van der Waals surface area contributed by atoms with E-state index in [9.17, 15) is 22.8 Å². The summed E-state index contributed by atoms with van der Waals surface area (Å²) in [6, 6.07) is 12.7. The van der Waals surface area contributed by atoms with E-state index in [1.54, 1.807) is 37.5 Å². The predicted molar refractivity (Wildman–Crippen MR) is 127 cm³/mol. The number of thioether (sulfide) groups is 1. The van der Waals surface area contributed by atoms with Gasteiger partial charge in [-0.3, -0.25) is 19.3 Å². The Morgan fingerprint density at radius 2 is 1.79 bits per heavy atom. The SMILES string of the molecule is COc1ccc(/C=C2/SC(=O)N(CCNC(=O)CCS(=O)(=O)c3ccc(Cl)cc3)C2=O)cc1. The number of amides is 3. The highest BCUT2D eigenvalue weighted by Crippen LogP contribution is 2.32. The molecule has 0 saturated carbocycles. The molecular formula is C22H21ClN2O6S2. The maximum absolute atomic E-state index is 12.5. The highest BCUT2D eigenvalue weighted by atomic mass is 35.5. The van der Waals surface area contributed by atoms with Crippen LogP contribution in [0, 0.1) is 0 Å². The fourth-order valence-corrected chi connectivity index (χ4v) is 5.16. The zero-order valence-corrected chi connectivity index (χ0v) is 20.0. The second kappa shape index (κ2) is 10.9. The number of ether oxygens (including phenoxy) is 1. The molecule has 3 rings (SSSR count). The average Bonchev–Trinajstić information content (AvgIpc) is 3.06. The number of methoxy groups -OCH3 is 1. The summed E-state index contributed by atoms with van der Waals surface area (Å²) in [6.45, 7) is 0.00791. The van der Waals surface area contributed by atoms with Crippen LogP contribution in [-0.4, -0.2) is 56.3 Å². The second-order valence-electron chi connectivity index (χ2n) is 6.98.